The van der Waals surface area contributed by atoms with Crippen molar-refractivity contribution >= 4 is 12.2 Å². The van der Waals surface area contributed by atoms with Gasteiger partial charge < -0.3 is 9.55 Å². The van der Waals surface area contributed by atoms with Gasteiger partial charge in [-0.2, -0.15) is 5.10 Å². The zero-order valence-corrected chi connectivity index (χ0v) is 11.6. The lowest BCUT2D eigenvalue weighted by Gasteiger charge is -2.03. The van der Waals surface area contributed by atoms with E-state index in [0.717, 1.165) is 11.3 Å². The first-order chi connectivity index (χ1) is 9.66. The summed E-state index contributed by atoms with van der Waals surface area (Å²) in [6, 6.07) is 13.3. The zero-order valence-electron chi connectivity index (χ0n) is 10.8. The highest BCUT2D eigenvalue weighted by Crippen LogP contribution is 2.17. The smallest absolute Gasteiger partial charge is 0.259 e. The van der Waals surface area contributed by atoms with E-state index in [2.05, 4.69) is 15.2 Å². The van der Waals surface area contributed by atoms with Crippen molar-refractivity contribution in [3.05, 3.63) is 57.6 Å². The minimum atomic E-state index is -0.191. The van der Waals surface area contributed by atoms with Gasteiger partial charge in [0, 0.05) is 12.7 Å². The van der Waals surface area contributed by atoms with Crippen LogP contribution >= 0.6 is 12.2 Å². The van der Waals surface area contributed by atoms with Crippen LogP contribution in [-0.4, -0.2) is 19.7 Å². The van der Waals surface area contributed by atoms with Gasteiger partial charge in [0.2, 0.25) is 0 Å². The summed E-state index contributed by atoms with van der Waals surface area (Å²) in [5.41, 5.74) is 2.03. The van der Waals surface area contributed by atoms with E-state index in [1.54, 1.807) is 17.7 Å². The molecule has 2 aromatic heterocycles. The summed E-state index contributed by atoms with van der Waals surface area (Å²) < 4.78 is 2.15. The van der Waals surface area contributed by atoms with Gasteiger partial charge >= 0.3 is 0 Å². The van der Waals surface area contributed by atoms with Crippen molar-refractivity contribution in [2.24, 2.45) is 7.05 Å². The molecule has 20 heavy (non-hydrogen) atoms. The molecular weight excluding hydrogens is 272 g/mol. The molecule has 0 saturated heterocycles. The monoisotopic (exact) mass is 284 g/mol. The van der Waals surface area contributed by atoms with Crippen LogP contribution in [0.5, 0.6) is 0 Å². The standard InChI is InChI=1S/C14H12N4OS/c1-18-12(16-17-14(18)20)10-7-8-11(15-13(10)19)9-5-3-2-4-6-9/h2-8H,1H3,(H,15,19)(H,17,20). The normalized spacial score (nSPS) is 10.7. The maximum absolute atomic E-state index is 12.2. The Labute approximate surface area is 119 Å². The molecule has 0 aliphatic heterocycles. The predicted molar refractivity (Wildman–Crippen MR) is 79.9 cm³/mol. The van der Waals surface area contributed by atoms with Crippen molar-refractivity contribution in [3.8, 4) is 22.6 Å². The number of benzene rings is 1. The van der Waals surface area contributed by atoms with Crippen LogP contribution < -0.4 is 5.56 Å². The SMILES string of the molecule is Cn1c(-c2ccc(-c3ccccc3)[nH]c2=O)n[nH]c1=S. The molecule has 3 rings (SSSR count). The van der Waals surface area contributed by atoms with Crippen LogP contribution in [-0.2, 0) is 7.05 Å². The molecule has 6 heteroatoms. The molecule has 5 nitrogen and oxygen atoms in total. The van der Waals surface area contributed by atoms with Crippen molar-refractivity contribution < 1.29 is 0 Å². The third-order valence-electron chi connectivity index (χ3n) is 3.11. The van der Waals surface area contributed by atoms with Crippen molar-refractivity contribution in [2.45, 2.75) is 0 Å². The molecule has 2 heterocycles. The van der Waals surface area contributed by atoms with Crippen LogP contribution in [0.25, 0.3) is 22.6 Å². The lowest BCUT2D eigenvalue weighted by molar-refractivity contribution is 0.899. The van der Waals surface area contributed by atoms with E-state index < -0.39 is 0 Å². The lowest BCUT2D eigenvalue weighted by atomic mass is 10.1. The molecule has 1 aromatic carbocycles. The van der Waals surface area contributed by atoms with Crippen molar-refractivity contribution in [3.63, 3.8) is 0 Å². The first-order valence-electron chi connectivity index (χ1n) is 6.07. The van der Waals surface area contributed by atoms with Gasteiger partial charge in [-0.3, -0.25) is 9.89 Å². The van der Waals surface area contributed by atoms with Gasteiger partial charge in [0.15, 0.2) is 10.6 Å². The average Bonchev–Trinajstić information content (AvgIpc) is 2.80. The largest absolute Gasteiger partial charge is 0.321 e. The zero-order chi connectivity index (χ0) is 14.1. The van der Waals surface area contributed by atoms with E-state index in [0.29, 0.717) is 16.2 Å². The maximum Gasteiger partial charge on any atom is 0.259 e. The highest BCUT2D eigenvalue weighted by Gasteiger charge is 2.10. The molecule has 0 saturated carbocycles. The Hall–Kier alpha value is -2.47. The number of nitrogens with zero attached hydrogens (tertiary/aromatic N) is 2. The lowest BCUT2D eigenvalue weighted by Crippen LogP contribution is -2.11. The van der Waals surface area contributed by atoms with Crippen LogP contribution in [0, 0.1) is 4.77 Å². The van der Waals surface area contributed by atoms with E-state index >= 15 is 0 Å². The average molecular weight is 284 g/mol. The third-order valence-corrected chi connectivity index (χ3v) is 3.48. The summed E-state index contributed by atoms with van der Waals surface area (Å²) in [5.74, 6) is 0.524. The summed E-state index contributed by atoms with van der Waals surface area (Å²) in [7, 11) is 1.77. The van der Waals surface area contributed by atoms with Crippen LogP contribution in [0.4, 0.5) is 0 Å². The topological polar surface area (TPSA) is 66.5 Å². The van der Waals surface area contributed by atoms with Crippen LogP contribution in [0.1, 0.15) is 0 Å². The van der Waals surface area contributed by atoms with Gasteiger partial charge in [-0.15, -0.1) is 0 Å². The molecule has 3 aromatic rings. The van der Waals surface area contributed by atoms with Gasteiger partial charge in [0.05, 0.1) is 5.56 Å². The van der Waals surface area contributed by atoms with E-state index in [1.165, 1.54) is 0 Å². The Morgan fingerprint density at radius 2 is 1.90 bits per heavy atom. The second-order valence-electron chi connectivity index (χ2n) is 4.39. The fraction of sp³-hybridized carbons (Fsp3) is 0.0714. The molecule has 0 bridgehead atoms. The first-order valence-corrected chi connectivity index (χ1v) is 6.48. The van der Waals surface area contributed by atoms with E-state index in [4.69, 9.17) is 12.2 Å². The number of rotatable bonds is 2. The Bertz CT molecular complexity index is 861. The van der Waals surface area contributed by atoms with Crippen molar-refractivity contribution in [2.75, 3.05) is 0 Å². The fourth-order valence-corrected chi connectivity index (χ4v) is 2.16. The Morgan fingerprint density at radius 3 is 2.50 bits per heavy atom. The summed E-state index contributed by atoms with van der Waals surface area (Å²) in [6.07, 6.45) is 0. The molecule has 0 amide bonds. The molecule has 0 radical (unpaired) electrons. The minimum Gasteiger partial charge on any atom is -0.321 e. The van der Waals surface area contributed by atoms with Crippen LogP contribution in [0.2, 0.25) is 0 Å². The van der Waals surface area contributed by atoms with Gasteiger partial charge in [-0.05, 0) is 29.9 Å². The number of hydrogen-bond acceptors (Lipinski definition) is 3. The van der Waals surface area contributed by atoms with Crippen molar-refractivity contribution in [1.29, 1.82) is 0 Å². The number of hydrogen-bond donors (Lipinski definition) is 2. The van der Waals surface area contributed by atoms with Gasteiger partial charge in [0.25, 0.3) is 5.56 Å². The Morgan fingerprint density at radius 1 is 1.15 bits per heavy atom. The van der Waals surface area contributed by atoms with Gasteiger partial charge in [-0.1, -0.05) is 30.3 Å². The summed E-state index contributed by atoms with van der Waals surface area (Å²) in [6.45, 7) is 0. The molecular formula is C14H12N4OS. The summed E-state index contributed by atoms with van der Waals surface area (Å²) in [5, 5.41) is 6.75. The van der Waals surface area contributed by atoms with Crippen molar-refractivity contribution in [1.82, 2.24) is 19.7 Å². The van der Waals surface area contributed by atoms with Gasteiger partial charge in [-0.25, -0.2) is 0 Å². The van der Waals surface area contributed by atoms with E-state index in [1.807, 2.05) is 36.4 Å². The quantitative estimate of drug-likeness (QED) is 0.711. The first kappa shape index (κ1) is 12.6. The minimum absolute atomic E-state index is 0.191. The summed E-state index contributed by atoms with van der Waals surface area (Å²) >= 11 is 5.05. The fourth-order valence-electron chi connectivity index (χ4n) is 2.02. The molecule has 0 atom stereocenters. The molecule has 0 unspecified atom stereocenters. The number of aromatic nitrogens is 4. The number of H-pyrrole nitrogens is 2. The maximum atomic E-state index is 12.2. The molecule has 0 aliphatic rings. The number of nitrogens with one attached hydrogen (secondary N) is 2. The Balaban J connectivity index is 2.11. The Kier molecular flexibility index (Phi) is 3.08. The number of pyridine rings is 1. The highest BCUT2D eigenvalue weighted by atomic mass is 32.1. The second-order valence-corrected chi connectivity index (χ2v) is 4.78. The third kappa shape index (κ3) is 2.10. The molecule has 2 N–H and O–H groups in total. The predicted octanol–water partition coefficient (Wildman–Crippen LogP) is 2.50. The summed E-state index contributed by atoms with van der Waals surface area (Å²) in [4.78, 5) is 15.1. The van der Waals surface area contributed by atoms with Crippen LogP contribution in [0.3, 0.4) is 0 Å². The molecule has 0 aliphatic carbocycles. The molecule has 100 valence electrons. The van der Waals surface area contributed by atoms with Gasteiger partial charge in [0.1, 0.15) is 0 Å². The van der Waals surface area contributed by atoms with E-state index in [-0.39, 0.29) is 5.56 Å². The highest BCUT2D eigenvalue weighted by molar-refractivity contribution is 7.71. The molecule has 0 fully saturated rings. The second kappa shape index (κ2) is 4.90. The molecule has 0 spiro atoms. The van der Waals surface area contributed by atoms with Crippen LogP contribution in [0.15, 0.2) is 47.3 Å². The van der Waals surface area contributed by atoms with E-state index in [9.17, 15) is 4.79 Å². The number of aromatic amines is 2.